The Morgan fingerprint density at radius 2 is 1.95 bits per heavy atom. The van der Waals surface area contributed by atoms with Gasteiger partial charge in [0.2, 0.25) is 10.0 Å². The first-order valence-electron chi connectivity index (χ1n) is 6.87. The molecule has 1 aromatic carbocycles. The van der Waals surface area contributed by atoms with Crippen molar-refractivity contribution in [3.05, 3.63) is 29.8 Å². The summed E-state index contributed by atoms with van der Waals surface area (Å²) in [6.07, 6.45) is 1.68. The lowest BCUT2D eigenvalue weighted by atomic mass is 10.1. The van der Waals surface area contributed by atoms with Gasteiger partial charge in [-0.15, -0.1) is 0 Å². The van der Waals surface area contributed by atoms with Crippen molar-refractivity contribution in [2.24, 2.45) is 0 Å². The van der Waals surface area contributed by atoms with Crippen molar-refractivity contribution < 1.29 is 13.2 Å². The summed E-state index contributed by atoms with van der Waals surface area (Å²) in [6, 6.07) is 7.41. The number of anilines is 1. The summed E-state index contributed by atoms with van der Waals surface area (Å²) in [5.41, 5.74) is 1.58. The third-order valence-electron chi connectivity index (χ3n) is 2.83. The minimum absolute atomic E-state index is 0.0750. The van der Waals surface area contributed by atoms with Crippen molar-refractivity contribution in [3.63, 3.8) is 0 Å². The lowest BCUT2D eigenvalue weighted by Crippen LogP contribution is -2.27. The summed E-state index contributed by atoms with van der Waals surface area (Å²) >= 11 is 0. The molecule has 0 spiro atoms. The van der Waals surface area contributed by atoms with Crippen LogP contribution in [0.4, 0.5) is 5.69 Å². The SMILES string of the molecule is CCCNCCS(=O)(=O)Nc1ccccc1CCOC. The fourth-order valence-electron chi connectivity index (χ4n) is 1.78. The predicted molar refractivity (Wildman–Crippen MR) is 82.6 cm³/mol. The quantitative estimate of drug-likeness (QED) is 0.644. The Morgan fingerprint density at radius 1 is 1.20 bits per heavy atom. The van der Waals surface area contributed by atoms with E-state index in [0.717, 1.165) is 18.5 Å². The average molecular weight is 300 g/mol. The maximum Gasteiger partial charge on any atom is 0.233 e. The highest BCUT2D eigenvalue weighted by molar-refractivity contribution is 7.92. The third-order valence-corrected chi connectivity index (χ3v) is 4.11. The second-order valence-electron chi connectivity index (χ2n) is 4.57. The van der Waals surface area contributed by atoms with Gasteiger partial charge < -0.3 is 10.1 Å². The summed E-state index contributed by atoms with van der Waals surface area (Å²) < 4.78 is 31.7. The van der Waals surface area contributed by atoms with Crippen LogP contribution in [0.3, 0.4) is 0 Å². The molecule has 1 aromatic rings. The van der Waals surface area contributed by atoms with E-state index in [1.165, 1.54) is 0 Å². The van der Waals surface area contributed by atoms with Crippen LogP contribution in [0.2, 0.25) is 0 Å². The Bertz CT molecular complexity index is 489. The van der Waals surface area contributed by atoms with E-state index in [1.807, 2.05) is 25.1 Å². The van der Waals surface area contributed by atoms with Crippen LogP contribution in [0.1, 0.15) is 18.9 Å². The maximum absolute atomic E-state index is 12.0. The van der Waals surface area contributed by atoms with Crippen LogP contribution in [-0.4, -0.2) is 41.0 Å². The molecule has 0 saturated heterocycles. The van der Waals surface area contributed by atoms with E-state index < -0.39 is 10.0 Å². The molecular weight excluding hydrogens is 276 g/mol. The second-order valence-corrected chi connectivity index (χ2v) is 6.41. The molecule has 0 atom stereocenters. The molecule has 0 aromatic heterocycles. The molecule has 0 heterocycles. The monoisotopic (exact) mass is 300 g/mol. The number of nitrogens with one attached hydrogen (secondary N) is 2. The molecule has 2 N–H and O–H groups in total. The van der Waals surface area contributed by atoms with Crippen molar-refractivity contribution in [1.82, 2.24) is 5.32 Å². The van der Waals surface area contributed by atoms with Crippen molar-refractivity contribution in [2.75, 3.05) is 37.3 Å². The molecule has 0 bridgehead atoms. The number of methoxy groups -OCH3 is 1. The lowest BCUT2D eigenvalue weighted by molar-refractivity contribution is 0.202. The van der Waals surface area contributed by atoms with Gasteiger partial charge in [-0.3, -0.25) is 4.72 Å². The molecule has 20 heavy (non-hydrogen) atoms. The number of benzene rings is 1. The van der Waals surface area contributed by atoms with Crippen LogP contribution in [0.15, 0.2) is 24.3 Å². The Labute approximate surface area is 121 Å². The summed E-state index contributed by atoms with van der Waals surface area (Å²) in [5.74, 6) is 0.0750. The van der Waals surface area contributed by atoms with Gasteiger partial charge in [-0.25, -0.2) is 8.42 Å². The highest BCUT2D eigenvalue weighted by Crippen LogP contribution is 2.17. The minimum Gasteiger partial charge on any atom is -0.384 e. The van der Waals surface area contributed by atoms with E-state index in [0.29, 0.717) is 25.3 Å². The Morgan fingerprint density at radius 3 is 2.65 bits per heavy atom. The van der Waals surface area contributed by atoms with Crippen molar-refractivity contribution in [3.8, 4) is 0 Å². The standard InChI is InChI=1S/C14H24N2O3S/c1-3-9-15-10-12-20(17,18)16-14-7-5-4-6-13(14)8-11-19-2/h4-7,15-16H,3,8-12H2,1-2H3. The van der Waals surface area contributed by atoms with Crippen LogP contribution in [-0.2, 0) is 21.2 Å². The minimum atomic E-state index is -3.32. The summed E-state index contributed by atoms with van der Waals surface area (Å²) in [7, 11) is -1.68. The highest BCUT2D eigenvalue weighted by Gasteiger charge is 2.12. The second kappa shape index (κ2) is 8.94. The van der Waals surface area contributed by atoms with Gasteiger partial charge in [0.25, 0.3) is 0 Å². The molecule has 6 heteroatoms. The maximum atomic E-state index is 12.0. The lowest BCUT2D eigenvalue weighted by Gasteiger charge is -2.12. The van der Waals surface area contributed by atoms with E-state index in [9.17, 15) is 8.42 Å². The first-order chi connectivity index (χ1) is 9.59. The molecule has 0 amide bonds. The largest absolute Gasteiger partial charge is 0.384 e. The molecule has 0 aliphatic carbocycles. The Kier molecular flexibility index (Phi) is 7.58. The van der Waals surface area contributed by atoms with Gasteiger partial charge in [-0.2, -0.15) is 0 Å². The smallest absolute Gasteiger partial charge is 0.233 e. The molecule has 0 radical (unpaired) electrons. The van der Waals surface area contributed by atoms with E-state index in [-0.39, 0.29) is 5.75 Å². The van der Waals surface area contributed by atoms with E-state index in [1.54, 1.807) is 13.2 Å². The molecule has 0 aliphatic rings. The average Bonchev–Trinajstić information content (AvgIpc) is 2.42. The van der Waals surface area contributed by atoms with Crippen molar-refractivity contribution >= 4 is 15.7 Å². The van der Waals surface area contributed by atoms with E-state index >= 15 is 0 Å². The number of ether oxygens (including phenoxy) is 1. The first kappa shape index (κ1) is 16.9. The van der Waals surface area contributed by atoms with Gasteiger partial charge in [0.05, 0.1) is 18.0 Å². The number of sulfonamides is 1. The van der Waals surface area contributed by atoms with Crippen LogP contribution in [0.25, 0.3) is 0 Å². The summed E-state index contributed by atoms with van der Waals surface area (Å²) in [6.45, 7) is 3.91. The molecule has 0 aliphatic heterocycles. The fourth-order valence-corrected chi connectivity index (χ4v) is 2.83. The molecule has 0 unspecified atom stereocenters. The first-order valence-corrected chi connectivity index (χ1v) is 8.52. The van der Waals surface area contributed by atoms with Gasteiger partial charge in [0.15, 0.2) is 0 Å². The molecule has 0 fully saturated rings. The van der Waals surface area contributed by atoms with Crippen LogP contribution in [0.5, 0.6) is 0 Å². The molecule has 114 valence electrons. The summed E-state index contributed by atoms with van der Waals surface area (Å²) in [4.78, 5) is 0. The van der Waals surface area contributed by atoms with Crippen molar-refractivity contribution in [1.29, 1.82) is 0 Å². The topological polar surface area (TPSA) is 67.4 Å². The normalized spacial score (nSPS) is 11.5. The summed E-state index contributed by atoms with van der Waals surface area (Å²) in [5, 5.41) is 3.09. The number of rotatable bonds is 10. The number of hydrogen-bond donors (Lipinski definition) is 2. The fraction of sp³-hybridized carbons (Fsp3) is 0.571. The molecule has 1 rings (SSSR count). The Balaban J connectivity index is 2.62. The van der Waals surface area contributed by atoms with Gasteiger partial charge in [-0.1, -0.05) is 25.1 Å². The van der Waals surface area contributed by atoms with Gasteiger partial charge in [-0.05, 0) is 31.0 Å². The van der Waals surface area contributed by atoms with Crippen LogP contribution in [0, 0.1) is 0 Å². The Hall–Kier alpha value is -1.11. The molecule has 5 nitrogen and oxygen atoms in total. The van der Waals surface area contributed by atoms with Crippen molar-refractivity contribution in [2.45, 2.75) is 19.8 Å². The molecule has 0 saturated carbocycles. The van der Waals surface area contributed by atoms with Gasteiger partial charge in [0, 0.05) is 13.7 Å². The third kappa shape index (κ3) is 6.36. The highest BCUT2D eigenvalue weighted by atomic mass is 32.2. The zero-order chi connectivity index (χ0) is 14.8. The zero-order valence-electron chi connectivity index (χ0n) is 12.2. The van der Waals surface area contributed by atoms with Gasteiger partial charge >= 0.3 is 0 Å². The van der Waals surface area contributed by atoms with Gasteiger partial charge in [0.1, 0.15) is 0 Å². The van der Waals surface area contributed by atoms with E-state index in [2.05, 4.69) is 10.0 Å². The number of para-hydroxylation sites is 1. The van der Waals surface area contributed by atoms with Crippen LogP contribution < -0.4 is 10.0 Å². The zero-order valence-corrected chi connectivity index (χ0v) is 13.0. The number of hydrogen-bond acceptors (Lipinski definition) is 4. The molecular formula is C14H24N2O3S. The predicted octanol–water partition coefficient (Wildman–Crippen LogP) is 1.62. The van der Waals surface area contributed by atoms with E-state index in [4.69, 9.17) is 4.74 Å². The van der Waals surface area contributed by atoms with Crippen LogP contribution >= 0.6 is 0 Å².